The van der Waals surface area contributed by atoms with Crippen LogP contribution in [0, 0.1) is 6.92 Å². The minimum atomic E-state index is -0.204. The van der Waals surface area contributed by atoms with E-state index in [4.69, 9.17) is 0 Å². The van der Waals surface area contributed by atoms with Crippen molar-refractivity contribution in [2.45, 2.75) is 26.4 Å². The fraction of sp³-hybridized carbons (Fsp3) is 0.167. The third kappa shape index (κ3) is 4.86. The third-order valence-corrected chi connectivity index (χ3v) is 4.73. The van der Waals surface area contributed by atoms with Gasteiger partial charge in [0.05, 0.1) is 6.04 Å². The molecule has 1 atom stereocenters. The van der Waals surface area contributed by atoms with E-state index in [9.17, 15) is 9.59 Å². The summed E-state index contributed by atoms with van der Waals surface area (Å²) in [6.45, 7) is 4.40. The molecule has 0 aliphatic rings. The zero-order valence-electron chi connectivity index (χ0n) is 16.1. The number of carbonyl (C=O) groups excluding carboxylic acids is 2. The molecule has 1 unspecified atom stereocenters. The number of hydrogen-bond acceptors (Lipinski definition) is 2. The van der Waals surface area contributed by atoms with Crippen LogP contribution in [-0.2, 0) is 6.54 Å². The highest BCUT2D eigenvalue weighted by atomic mass is 16.2. The van der Waals surface area contributed by atoms with Gasteiger partial charge in [0.15, 0.2) is 0 Å². The van der Waals surface area contributed by atoms with Crippen molar-refractivity contribution < 1.29 is 9.59 Å². The average molecular weight is 372 g/mol. The summed E-state index contributed by atoms with van der Waals surface area (Å²) in [4.78, 5) is 25.1. The molecule has 0 radical (unpaired) electrons. The van der Waals surface area contributed by atoms with Crippen molar-refractivity contribution in [3.63, 3.8) is 0 Å². The highest BCUT2D eigenvalue weighted by Gasteiger charge is 2.13. The molecule has 0 fully saturated rings. The molecule has 4 heteroatoms. The molecule has 0 bridgehead atoms. The summed E-state index contributed by atoms with van der Waals surface area (Å²) >= 11 is 0. The van der Waals surface area contributed by atoms with E-state index in [2.05, 4.69) is 10.6 Å². The van der Waals surface area contributed by atoms with Crippen molar-refractivity contribution in [3.8, 4) is 0 Å². The van der Waals surface area contributed by atoms with E-state index in [-0.39, 0.29) is 17.9 Å². The quantitative estimate of drug-likeness (QED) is 0.673. The van der Waals surface area contributed by atoms with Crippen LogP contribution in [0.2, 0.25) is 0 Å². The van der Waals surface area contributed by atoms with Crippen LogP contribution in [0.4, 0.5) is 0 Å². The van der Waals surface area contributed by atoms with Gasteiger partial charge in [-0.1, -0.05) is 60.7 Å². The number of carbonyl (C=O) groups is 2. The maximum Gasteiger partial charge on any atom is 0.251 e. The average Bonchev–Trinajstić information content (AvgIpc) is 2.73. The van der Waals surface area contributed by atoms with E-state index in [1.807, 2.05) is 68.4 Å². The summed E-state index contributed by atoms with van der Waals surface area (Å²) in [5.74, 6) is -0.404. The lowest BCUT2D eigenvalue weighted by Gasteiger charge is -2.14. The smallest absolute Gasteiger partial charge is 0.251 e. The summed E-state index contributed by atoms with van der Waals surface area (Å²) in [6, 6.07) is 24.4. The Labute approximate surface area is 165 Å². The van der Waals surface area contributed by atoms with Gasteiger partial charge in [-0.25, -0.2) is 0 Å². The normalized spacial score (nSPS) is 11.5. The zero-order chi connectivity index (χ0) is 19.9. The van der Waals surface area contributed by atoms with E-state index in [1.165, 1.54) is 0 Å². The molecule has 3 aromatic rings. The highest BCUT2D eigenvalue weighted by molar-refractivity contribution is 5.99. The van der Waals surface area contributed by atoms with Gasteiger partial charge >= 0.3 is 0 Å². The predicted molar refractivity (Wildman–Crippen MR) is 111 cm³/mol. The van der Waals surface area contributed by atoms with Crippen LogP contribution in [0.1, 0.15) is 50.4 Å². The van der Waals surface area contributed by atoms with Crippen LogP contribution >= 0.6 is 0 Å². The minimum Gasteiger partial charge on any atom is -0.348 e. The standard InChI is InChI=1S/C24H24N2O2/c1-17-9-6-7-12-22(17)16-25-23(27)20-13-8-14-21(15-20)24(28)26-18(2)19-10-4-3-5-11-19/h3-15,18H,16H2,1-2H3,(H,25,27)(H,26,28). The van der Waals surface area contributed by atoms with Crippen LogP contribution in [0.3, 0.4) is 0 Å². The summed E-state index contributed by atoms with van der Waals surface area (Å²) in [5.41, 5.74) is 4.16. The largest absolute Gasteiger partial charge is 0.348 e. The fourth-order valence-electron chi connectivity index (χ4n) is 2.99. The second kappa shape index (κ2) is 9.00. The molecule has 2 amide bonds. The number of aryl methyl sites for hydroxylation is 1. The number of hydrogen-bond donors (Lipinski definition) is 2. The maximum absolute atomic E-state index is 12.6. The van der Waals surface area contributed by atoms with Gasteiger partial charge in [0.2, 0.25) is 0 Å². The van der Waals surface area contributed by atoms with E-state index < -0.39 is 0 Å². The molecule has 4 nitrogen and oxygen atoms in total. The Morgan fingerprint density at radius 3 is 2.18 bits per heavy atom. The minimum absolute atomic E-state index is 0.118. The highest BCUT2D eigenvalue weighted by Crippen LogP contribution is 2.13. The first kappa shape index (κ1) is 19.4. The Morgan fingerprint density at radius 2 is 1.46 bits per heavy atom. The predicted octanol–water partition coefficient (Wildman–Crippen LogP) is 4.42. The number of rotatable bonds is 6. The van der Waals surface area contributed by atoms with Crippen molar-refractivity contribution in [3.05, 3.63) is 107 Å². The number of nitrogens with one attached hydrogen (secondary N) is 2. The molecular weight excluding hydrogens is 348 g/mol. The topological polar surface area (TPSA) is 58.2 Å². The van der Waals surface area contributed by atoms with Gasteiger partial charge in [0, 0.05) is 17.7 Å². The zero-order valence-corrected chi connectivity index (χ0v) is 16.1. The maximum atomic E-state index is 12.6. The van der Waals surface area contributed by atoms with Crippen molar-refractivity contribution in [2.75, 3.05) is 0 Å². The van der Waals surface area contributed by atoms with E-state index in [0.717, 1.165) is 16.7 Å². The van der Waals surface area contributed by atoms with Gasteiger partial charge in [0.1, 0.15) is 0 Å². The molecule has 0 saturated heterocycles. The summed E-state index contributed by atoms with van der Waals surface area (Å²) < 4.78 is 0. The van der Waals surface area contributed by atoms with E-state index in [1.54, 1.807) is 24.3 Å². The van der Waals surface area contributed by atoms with Gasteiger partial charge in [0.25, 0.3) is 11.8 Å². The van der Waals surface area contributed by atoms with Crippen LogP contribution in [-0.4, -0.2) is 11.8 Å². The molecule has 3 aromatic carbocycles. The van der Waals surface area contributed by atoms with Crippen molar-refractivity contribution in [1.82, 2.24) is 10.6 Å². The molecule has 2 N–H and O–H groups in total. The molecule has 28 heavy (non-hydrogen) atoms. The molecular formula is C24H24N2O2. The fourth-order valence-corrected chi connectivity index (χ4v) is 2.99. The molecule has 3 rings (SSSR count). The van der Waals surface area contributed by atoms with Crippen LogP contribution in [0.15, 0.2) is 78.9 Å². The lowest BCUT2D eigenvalue weighted by atomic mass is 10.1. The molecule has 0 aliphatic heterocycles. The number of benzene rings is 3. The molecule has 0 heterocycles. The Morgan fingerprint density at radius 1 is 0.821 bits per heavy atom. The van der Waals surface area contributed by atoms with Crippen LogP contribution in [0.25, 0.3) is 0 Å². The Bertz CT molecular complexity index is 967. The Balaban J connectivity index is 1.65. The van der Waals surface area contributed by atoms with Crippen molar-refractivity contribution in [1.29, 1.82) is 0 Å². The Kier molecular flexibility index (Phi) is 6.22. The second-order valence-electron chi connectivity index (χ2n) is 6.80. The van der Waals surface area contributed by atoms with Gasteiger partial charge in [-0.3, -0.25) is 9.59 Å². The van der Waals surface area contributed by atoms with Gasteiger partial charge in [-0.15, -0.1) is 0 Å². The SMILES string of the molecule is Cc1ccccc1CNC(=O)c1cccc(C(=O)NC(C)c2ccccc2)c1. The second-order valence-corrected chi connectivity index (χ2v) is 6.80. The van der Waals surface area contributed by atoms with Crippen LogP contribution < -0.4 is 10.6 Å². The summed E-state index contributed by atoms with van der Waals surface area (Å²) in [5, 5.41) is 5.89. The third-order valence-electron chi connectivity index (χ3n) is 4.73. The van der Waals surface area contributed by atoms with Crippen LogP contribution in [0.5, 0.6) is 0 Å². The van der Waals surface area contributed by atoms with Gasteiger partial charge < -0.3 is 10.6 Å². The van der Waals surface area contributed by atoms with E-state index in [0.29, 0.717) is 17.7 Å². The Hall–Kier alpha value is -3.40. The molecule has 0 aromatic heterocycles. The van der Waals surface area contributed by atoms with Gasteiger partial charge in [-0.05, 0) is 48.7 Å². The first-order valence-electron chi connectivity index (χ1n) is 9.33. The van der Waals surface area contributed by atoms with Crippen molar-refractivity contribution >= 4 is 11.8 Å². The number of amides is 2. The molecule has 0 spiro atoms. The summed E-state index contributed by atoms with van der Waals surface area (Å²) in [6.07, 6.45) is 0. The van der Waals surface area contributed by atoms with Gasteiger partial charge in [-0.2, -0.15) is 0 Å². The molecule has 142 valence electrons. The monoisotopic (exact) mass is 372 g/mol. The molecule has 0 saturated carbocycles. The van der Waals surface area contributed by atoms with Crippen molar-refractivity contribution in [2.24, 2.45) is 0 Å². The first-order chi connectivity index (χ1) is 13.5. The summed E-state index contributed by atoms with van der Waals surface area (Å²) in [7, 11) is 0. The first-order valence-corrected chi connectivity index (χ1v) is 9.33. The lowest BCUT2D eigenvalue weighted by Crippen LogP contribution is -2.27. The van der Waals surface area contributed by atoms with E-state index >= 15 is 0 Å². The molecule has 0 aliphatic carbocycles. The lowest BCUT2D eigenvalue weighted by molar-refractivity contribution is 0.0940.